The van der Waals surface area contributed by atoms with Gasteiger partial charge in [0.15, 0.2) is 0 Å². The van der Waals surface area contributed by atoms with Crippen molar-refractivity contribution < 1.29 is 13.2 Å². The first kappa shape index (κ1) is 24.2. The average Bonchev–Trinajstić information content (AvgIpc) is 2.81. The Morgan fingerprint density at radius 1 is 0.971 bits per heavy atom. The summed E-state index contributed by atoms with van der Waals surface area (Å²) < 4.78 is 37.4. The fraction of sp³-hybridized carbons (Fsp3) is 0.400. The third kappa shape index (κ3) is 4.35. The van der Waals surface area contributed by atoms with E-state index in [0.29, 0.717) is 30.2 Å². The Bertz CT molecular complexity index is 1300. The molecule has 1 saturated heterocycles. The topological polar surface area (TPSA) is 46.6 Å². The number of hydrogen-bond acceptors (Lipinski definition) is 3. The van der Waals surface area contributed by atoms with Crippen LogP contribution < -0.4 is 0 Å². The van der Waals surface area contributed by atoms with Gasteiger partial charge in [-0.25, -0.2) is 8.42 Å². The number of rotatable bonds is 6. The Morgan fingerprint density at radius 2 is 1.63 bits per heavy atom. The molecular formula is C30H35NO3S. The predicted octanol–water partition coefficient (Wildman–Crippen LogP) is 5.88. The summed E-state index contributed by atoms with van der Waals surface area (Å²) in [5, 5.41) is 0. The maximum Gasteiger partial charge on any atom is 0.243 e. The van der Waals surface area contributed by atoms with Crippen LogP contribution in [0.1, 0.15) is 49.4 Å². The minimum Gasteiger partial charge on any atom is -0.360 e. The molecule has 0 aromatic heterocycles. The standard InChI is InChI=1S/C30H35NO3S/c1-22(2)18-28-30(19-24-10-6-5-7-11-24)20-25-12-8-9-13-27(25)29(4,34-30)21-31(28)35(32,33)26-16-14-23(3)15-17-26/h5-17,22,28H,18-21H2,1-4H3/t28-,29-,30-/m1/s1. The van der Waals surface area contributed by atoms with Crippen LogP contribution in [-0.4, -0.2) is 30.9 Å². The van der Waals surface area contributed by atoms with E-state index in [1.807, 2.05) is 43.3 Å². The van der Waals surface area contributed by atoms with Gasteiger partial charge in [0, 0.05) is 19.4 Å². The second-order valence-corrected chi connectivity index (χ2v) is 12.8. The van der Waals surface area contributed by atoms with Gasteiger partial charge in [0.1, 0.15) is 5.60 Å². The van der Waals surface area contributed by atoms with Gasteiger partial charge in [-0.1, -0.05) is 86.1 Å². The van der Waals surface area contributed by atoms with Gasteiger partial charge in [-0.2, -0.15) is 4.31 Å². The van der Waals surface area contributed by atoms with Gasteiger partial charge in [-0.05, 0) is 55.0 Å². The molecule has 2 aliphatic heterocycles. The van der Waals surface area contributed by atoms with Gasteiger partial charge in [0.2, 0.25) is 10.0 Å². The van der Waals surface area contributed by atoms with Crippen LogP contribution in [0.2, 0.25) is 0 Å². The normalized spacial score (nSPS) is 26.5. The molecule has 4 nitrogen and oxygen atoms in total. The lowest BCUT2D eigenvalue weighted by molar-refractivity contribution is -0.232. The van der Waals surface area contributed by atoms with E-state index in [9.17, 15) is 8.42 Å². The number of aryl methyl sites for hydroxylation is 1. The highest BCUT2D eigenvalue weighted by molar-refractivity contribution is 7.89. The number of hydrogen-bond donors (Lipinski definition) is 0. The number of benzene rings is 3. The Labute approximate surface area is 210 Å². The fourth-order valence-corrected chi connectivity index (χ4v) is 7.84. The van der Waals surface area contributed by atoms with Crippen molar-refractivity contribution in [2.75, 3.05) is 6.54 Å². The van der Waals surface area contributed by atoms with Gasteiger partial charge in [-0.3, -0.25) is 0 Å². The van der Waals surface area contributed by atoms with Crippen LogP contribution in [0.3, 0.4) is 0 Å². The van der Waals surface area contributed by atoms with E-state index in [2.05, 4.69) is 51.1 Å². The summed E-state index contributed by atoms with van der Waals surface area (Å²) in [6, 6.07) is 25.7. The maximum absolute atomic E-state index is 14.2. The van der Waals surface area contributed by atoms with E-state index in [0.717, 1.165) is 23.1 Å². The molecule has 0 spiro atoms. The fourth-order valence-electron chi connectivity index (χ4n) is 6.06. The minimum atomic E-state index is -3.73. The van der Waals surface area contributed by atoms with Gasteiger partial charge in [0.25, 0.3) is 0 Å². The van der Waals surface area contributed by atoms with E-state index < -0.39 is 21.2 Å². The smallest absolute Gasteiger partial charge is 0.243 e. The molecule has 0 aliphatic carbocycles. The van der Waals surface area contributed by atoms with E-state index in [-0.39, 0.29) is 6.04 Å². The number of sulfonamides is 1. The van der Waals surface area contributed by atoms with Gasteiger partial charge in [0.05, 0.1) is 16.5 Å². The van der Waals surface area contributed by atoms with Crippen molar-refractivity contribution >= 4 is 10.0 Å². The minimum absolute atomic E-state index is 0.282. The lowest BCUT2D eigenvalue weighted by atomic mass is 9.70. The summed E-state index contributed by atoms with van der Waals surface area (Å²) in [6.45, 7) is 8.67. The Hall–Kier alpha value is -2.47. The monoisotopic (exact) mass is 489 g/mol. The van der Waals surface area contributed by atoms with Gasteiger partial charge < -0.3 is 4.74 Å². The van der Waals surface area contributed by atoms with Crippen LogP contribution in [0.15, 0.2) is 83.8 Å². The van der Waals surface area contributed by atoms with Crippen LogP contribution in [0, 0.1) is 12.8 Å². The van der Waals surface area contributed by atoms with Crippen molar-refractivity contribution in [3.8, 4) is 0 Å². The molecule has 35 heavy (non-hydrogen) atoms. The van der Waals surface area contributed by atoms with E-state index in [4.69, 9.17) is 4.74 Å². The van der Waals surface area contributed by atoms with Crippen molar-refractivity contribution in [3.05, 3.63) is 101 Å². The zero-order valence-corrected chi connectivity index (χ0v) is 21.9. The summed E-state index contributed by atoms with van der Waals surface area (Å²) in [5.74, 6) is 0.313. The predicted molar refractivity (Wildman–Crippen MR) is 140 cm³/mol. The van der Waals surface area contributed by atoms with Gasteiger partial charge in [-0.15, -0.1) is 0 Å². The Morgan fingerprint density at radius 3 is 2.31 bits per heavy atom. The zero-order valence-electron chi connectivity index (χ0n) is 21.1. The molecule has 0 saturated carbocycles. The number of fused-ring (bicyclic) bond motifs is 4. The first-order valence-electron chi connectivity index (χ1n) is 12.5. The molecule has 0 unspecified atom stereocenters. The van der Waals surface area contributed by atoms with Crippen molar-refractivity contribution in [1.82, 2.24) is 4.31 Å². The number of nitrogens with zero attached hydrogens (tertiary/aromatic N) is 1. The Kier molecular flexibility index (Phi) is 6.15. The third-order valence-electron chi connectivity index (χ3n) is 7.59. The average molecular weight is 490 g/mol. The van der Waals surface area contributed by atoms with Crippen LogP contribution in [-0.2, 0) is 33.2 Å². The van der Waals surface area contributed by atoms with Gasteiger partial charge >= 0.3 is 0 Å². The van der Waals surface area contributed by atoms with Crippen LogP contribution in [0.5, 0.6) is 0 Å². The van der Waals surface area contributed by atoms with E-state index in [1.165, 1.54) is 5.56 Å². The summed E-state index contributed by atoms with van der Waals surface area (Å²) in [5.41, 5.74) is 3.18. The van der Waals surface area contributed by atoms with E-state index in [1.54, 1.807) is 16.4 Å². The second-order valence-electron chi connectivity index (χ2n) is 10.9. The van der Waals surface area contributed by atoms with Crippen LogP contribution in [0.25, 0.3) is 0 Å². The molecule has 0 N–H and O–H groups in total. The molecule has 2 aliphatic rings. The first-order valence-corrected chi connectivity index (χ1v) is 14.0. The van der Waals surface area contributed by atoms with E-state index >= 15 is 0 Å². The SMILES string of the molecule is Cc1ccc(S(=O)(=O)N2C[C@@]3(C)O[C@](Cc4ccccc4)(Cc4ccccc43)[C@H]2CC(C)C)cc1. The van der Waals surface area contributed by atoms with Crippen molar-refractivity contribution in [1.29, 1.82) is 0 Å². The summed E-state index contributed by atoms with van der Waals surface area (Å²) >= 11 is 0. The quantitative estimate of drug-likeness (QED) is 0.434. The molecule has 2 bridgehead atoms. The number of ether oxygens (including phenoxy) is 1. The largest absolute Gasteiger partial charge is 0.360 e. The summed E-state index contributed by atoms with van der Waals surface area (Å²) in [4.78, 5) is 0.351. The molecular weight excluding hydrogens is 454 g/mol. The lowest BCUT2D eigenvalue weighted by Gasteiger charge is -2.59. The molecule has 3 aromatic carbocycles. The second kappa shape index (κ2) is 8.88. The highest BCUT2D eigenvalue weighted by Crippen LogP contribution is 2.51. The number of morpholine rings is 1. The third-order valence-corrected chi connectivity index (χ3v) is 9.46. The maximum atomic E-state index is 14.2. The lowest BCUT2D eigenvalue weighted by Crippen LogP contribution is -2.70. The van der Waals surface area contributed by atoms with Crippen LogP contribution in [0.4, 0.5) is 0 Å². The molecule has 0 radical (unpaired) electrons. The van der Waals surface area contributed by atoms with Crippen molar-refractivity contribution in [3.63, 3.8) is 0 Å². The molecule has 5 rings (SSSR count). The van der Waals surface area contributed by atoms with Crippen molar-refractivity contribution in [2.24, 2.45) is 5.92 Å². The zero-order chi connectivity index (χ0) is 24.8. The molecule has 3 aromatic rings. The molecule has 2 heterocycles. The first-order chi connectivity index (χ1) is 16.6. The molecule has 1 fully saturated rings. The highest BCUT2D eigenvalue weighted by atomic mass is 32.2. The molecule has 5 heteroatoms. The highest BCUT2D eigenvalue weighted by Gasteiger charge is 2.59. The Balaban J connectivity index is 1.70. The molecule has 184 valence electrons. The molecule has 0 amide bonds. The van der Waals surface area contributed by atoms with Crippen LogP contribution >= 0.6 is 0 Å². The van der Waals surface area contributed by atoms with Crippen molar-refractivity contribution in [2.45, 2.75) is 69.1 Å². The summed E-state index contributed by atoms with van der Waals surface area (Å²) in [6.07, 6.45) is 2.08. The molecule has 3 atom stereocenters. The summed E-state index contributed by atoms with van der Waals surface area (Å²) in [7, 11) is -3.73.